The van der Waals surface area contributed by atoms with E-state index in [1.165, 1.54) is 9.75 Å². The highest BCUT2D eigenvalue weighted by Crippen LogP contribution is 2.16. The number of aromatic amines is 1. The number of rotatable bonds is 6. The van der Waals surface area contributed by atoms with Gasteiger partial charge < -0.3 is 15.6 Å². The fraction of sp³-hybridized carbons (Fsp3) is 0.263. The van der Waals surface area contributed by atoms with E-state index >= 15 is 0 Å². The standard InChI is InChI=1S/C19H23N5S.HI/c1-3-20-19(22-11-16-10-9-14(2)25-16)23-13-18-21-12-17(24-18)15-7-5-4-6-8-15;/h4-10,12H,3,11,13H2,1-2H3,(H,21,24)(H2,20,22,23);1H. The lowest BCUT2D eigenvalue weighted by molar-refractivity contribution is 0.814. The van der Waals surface area contributed by atoms with Crippen molar-refractivity contribution < 1.29 is 0 Å². The van der Waals surface area contributed by atoms with Crippen molar-refractivity contribution in [2.75, 3.05) is 6.54 Å². The van der Waals surface area contributed by atoms with Crippen molar-refractivity contribution in [2.45, 2.75) is 26.9 Å². The highest BCUT2D eigenvalue weighted by molar-refractivity contribution is 14.0. The maximum atomic E-state index is 4.62. The highest BCUT2D eigenvalue weighted by atomic mass is 127. The molecule has 0 aliphatic rings. The molecule has 0 bridgehead atoms. The van der Waals surface area contributed by atoms with Gasteiger partial charge >= 0.3 is 0 Å². The molecule has 3 rings (SSSR count). The van der Waals surface area contributed by atoms with Crippen molar-refractivity contribution in [1.29, 1.82) is 0 Å². The lowest BCUT2D eigenvalue weighted by atomic mass is 10.2. The maximum Gasteiger partial charge on any atom is 0.191 e. The zero-order chi connectivity index (χ0) is 17.5. The number of nitrogens with zero attached hydrogens (tertiary/aromatic N) is 2. The summed E-state index contributed by atoms with van der Waals surface area (Å²) >= 11 is 1.80. The summed E-state index contributed by atoms with van der Waals surface area (Å²) in [6.07, 6.45) is 1.86. The monoisotopic (exact) mass is 481 g/mol. The van der Waals surface area contributed by atoms with Crippen LogP contribution in [-0.4, -0.2) is 22.5 Å². The van der Waals surface area contributed by atoms with E-state index in [0.717, 1.165) is 36.1 Å². The van der Waals surface area contributed by atoms with Crippen molar-refractivity contribution in [3.05, 3.63) is 64.2 Å². The quantitative estimate of drug-likeness (QED) is 0.279. The number of H-pyrrole nitrogens is 1. The summed E-state index contributed by atoms with van der Waals surface area (Å²) in [5, 5.41) is 6.64. The Balaban J connectivity index is 0.00000243. The fourth-order valence-corrected chi connectivity index (χ4v) is 3.28. The number of guanidine groups is 1. The molecule has 3 aromatic rings. The van der Waals surface area contributed by atoms with E-state index in [2.05, 4.69) is 63.7 Å². The molecule has 0 saturated heterocycles. The van der Waals surface area contributed by atoms with E-state index in [0.29, 0.717) is 6.54 Å². The summed E-state index contributed by atoms with van der Waals surface area (Å²) in [6.45, 7) is 6.29. The van der Waals surface area contributed by atoms with Gasteiger partial charge in [0.2, 0.25) is 0 Å². The first-order valence-corrected chi connectivity index (χ1v) is 9.23. The molecule has 0 radical (unpaired) electrons. The van der Waals surface area contributed by atoms with Crippen molar-refractivity contribution in [3.8, 4) is 11.3 Å². The van der Waals surface area contributed by atoms with Crippen LogP contribution in [0.4, 0.5) is 0 Å². The third-order valence-electron chi connectivity index (χ3n) is 3.67. The number of benzene rings is 1. The van der Waals surface area contributed by atoms with Gasteiger partial charge in [0.15, 0.2) is 5.96 Å². The van der Waals surface area contributed by atoms with Gasteiger partial charge in [-0.3, -0.25) is 0 Å². The number of aryl methyl sites for hydroxylation is 1. The third kappa shape index (κ3) is 5.84. The number of hydrogen-bond donors (Lipinski definition) is 3. The second kappa shape index (κ2) is 10.3. The molecular weight excluding hydrogens is 457 g/mol. The molecule has 0 aliphatic heterocycles. The molecule has 0 atom stereocenters. The molecule has 7 heteroatoms. The zero-order valence-corrected chi connectivity index (χ0v) is 18.1. The first kappa shape index (κ1) is 20.4. The van der Waals surface area contributed by atoms with Crippen molar-refractivity contribution >= 4 is 41.3 Å². The molecule has 0 amide bonds. The van der Waals surface area contributed by atoms with E-state index in [1.54, 1.807) is 11.3 Å². The fourth-order valence-electron chi connectivity index (χ4n) is 2.45. The summed E-state index contributed by atoms with van der Waals surface area (Å²) < 4.78 is 0. The zero-order valence-electron chi connectivity index (χ0n) is 15.0. The lowest BCUT2D eigenvalue weighted by Crippen LogP contribution is -2.36. The smallest absolute Gasteiger partial charge is 0.191 e. The van der Waals surface area contributed by atoms with Crippen LogP contribution in [0.3, 0.4) is 0 Å². The second-order valence-electron chi connectivity index (χ2n) is 5.67. The number of hydrogen-bond acceptors (Lipinski definition) is 3. The van der Waals surface area contributed by atoms with Crippen LogP contribution in [-0.2, 0) is 13.1 Å². The van der Waals surface area contributed by atoms with Crippen LogP contribution in [0.25, 0.3) is 11.3 Å². The van der Waals surface area contributed by atoms with Crippen LogP contribution < -0.4 is 10.6 Å². The van der Waals surface area contributed by atoms with Crippen LogP contribution in [0.1, 0.15) is 22.5 Å². The molecule has 0 spiro atoms. The second-order valence-corrected chi connectivity index (χ2v) is 7.04. The van der Waals surface area contributed by atoms with Crippen LogP contribution in [0, 0.1) is 6.92 Å². The molecule has 0 aliphatic carbocycles. The minimum Gasteiger partial charge on any atom is -0.357 e. The van der Waals surface area contributed by atoms with Crippen molar-refractivity contribution in [1.82, 2.24) is 20.6 Å². The molecule has 0 unspecified atom stereocenters. The summed E-state index contributed by atoms with van der Waals surface area (Å²) in [7, 11) is 0. The Hall–Kier alpha value is -1.87. The average molecular weight is 481 g/mol. The summed E-state index contributed by atoms with van der Waals surface area (Å²) in [5.41, 5.74) is 2.14. The Morgan fingerprint density at radius 1 is 1.15 bits per heavy atom. The Kier molecular flexibility index (Phi) is 8.11. The summed E-state index contributed by atoms with van der Waals surface area (Å²) in [5.74, 6) is 1.65. The number of imidazole rings is 1. The molecule has 138 valence electrons. The Morgan fingerprint density at radius 3 is 2.65 bits per heavy atom. The van der Waals surface area contributed by atoms with E-state index in [1.807, 2.05) is 24.4 Å². The largest absolute Gasteiger partial charge is 0.357 e. The third-order valence-corrected chi connectivity index (χ3v) is 4.67. The topological polar surface area (TPSA) is 65.1 Å². The first-order valence-electron chi connectivity index (χ1n) is 8.41. The highest BCUT2D eigenvalue weighted by Gasteiger charge is 2.04. The molecule has 0 fully saturated rings. The molecule has 1 aromatic carbocycles. The lowest BCUT2D eigenvalue weighted by Gasteiger charge is -2.09. The number of aromatic nitrogens is 2. The van der Waals surface area contributed by atoms with E-state index in [4.69, 9.17) is 0 Å². The number of halogens is 1. The average Bonchev–Trinajstić information content (AvgIpc) is 3.27. The molecule has 2 aromatic heterocycles. The predicted octanol–water partition coefficient (Wildman–Crippen LogP) is 4.32. The van der Waals surface area contributed by atoms with E-state index in [9.17, 15) is 0 Å². The Bertz CT molecular complexity index is 825. The van der Waals surface area contributed by atoms with Crippen LogP contribution in [0.2, 0.25) is 0 Å². The molecule has 26 heavy (non-hydrogen) atoms. The molecule has 3 N–H and O–H groups in total. The summed E-state index contributed by atoms with van der Waals surface area (Å²) in [6, 6.07) is 14.5. The van der Waals surface area contributed by atoms with Gasteiger partial charge in [-0.1, -0.05) is 30.3 Å². The van der Waals surface area contributed by atoms with Crippen LogP contribution in [0.15, 0.2) is 53.7 Å². The molecule has 2 heterocycles. The van der Waals surface area contributed by atoms with Gasteiger partial charge in [-0.15, -0.1) is 35.3 Å². The van der Waals surface area contributed by atoms with Gasteiger partial charge in [0.25, 0.3) is 0 Å². The normalized spacial score (nSPS) is 11.1. The van der Waals surface area contributed by atoms with E-state index in [-0.39, 0.29) is 24.0 Å². The van der Waals surface area contributed by atoms with Gasteiger partial charge in [-0.25, -0.2) is 9.98 Å². The SMILES string of the molecule is CCNC(=NCc1ncc(-c2ccccc2)[nH]1)NCc1ccc(C)s1.I. The number of thiophene rings is 1. The summed E-state index contributed by atoms with van der Waals surface area (Å²) in [4.78, 5) is 15.0. The minimum absolute atomic E-state index is 0. The van der Waals surface area contributed by atoms with Gasteiger partial charge in [-0.05, 0) is 31.5 Å². The number of aliphatic imine (C=N–C) groups is 1. The van der Waals surface area contributed by atoms with Gasteiger partial charge in [0.1, 0.15) is 12.4 Å². The van der Waals surface area contributed by atoms with Gasteiger partial charge in [-0.2, -0.15) is 0 Å². The van der Waals surface area contributed by atoms with Crippen LogP contribution >= 0.6 is 35.3 Å². The van der Waals surface area contributed by atoms with Crippen molar-refractivity contribution in [2.24, 2.45) is 4.99 Å². The molecule has 0 saturated carbocycles. The van der Waals surface area contributed by atoms with Crippen molar-refractivity contribution in [3.63, 3.8) is 0 Å². The Morgan fingerprint density at radius 2 is 1.96 bits per heavy atom. The first-order chi connectivity index (χ1) is 12.2. The Labute approximate surface area is 175 Å². The molecular formula is C19H24IN5S. The van der Waals surface area contributed by atoms with Gasteiger partial charge in [0, 0.05) is 16.3 Å². The minimum atomic E-state index is 0. The molecule has 5 nitrogen and oxygen atoms in total. The van der Waals surface area contributed by atoms with E-state index < -0.39 is 0 Å². The van der Waals surface area contributed by atoms with Crippen LogP contribution in [0.5, 0.6) is 0 Å². The van der Waals surface area contributed by atoms with Gasteiger partial charge in [0.05, 0.1) is 18.4 Å². The number of nitrogens with one attached hydrogen (secondary N) is 3. The maximum absolute atomic E-state index is 4.62. The predicted molar refractivity (Wildman–Crippen MR) is 120 cm³/mol.